The largest absolute Gasteiger partial charge is 0.506 e. The van der Waals surface area contributed by atoms with Crippen LogP contribution in [0.25, 0.3) is 0 Å². The van der Waals surface area contributed by atoms with Crippen molar-refractivity contribution in [2.75, 3.05) is 19.8 Å². The van der Waals surface area contributed by atoms with E-state index in [-0.39, 0.29) is 0 Å². The number of hydrogen-bond acceptors (Lipinski definition) is 3. The maximum atomic E-state index is 12.3. The summed E-state index contributed by atoms with van der Waals surface area (Å²) in [6.45, 7) is 6.22. The monoisotopic (exact) mass is 228 g/mol. The molecule has 0 N–H and O–H groups in total. The van der Waals surface area contributed by atoms with E-state index in [1.165, 1.54) is 0 Å². The topological polar surface area (TPSA) is 27.7 Å². The van der Waals surface area contributed by atoms with Gasteiger partial charge in [-0.1, -0.05) is 0 Å². The molecule has 0 aliphatic rings. The van der Waals surface area contributed by atoms with E-state index in [0.29, 0.717) is 19.8 Å². The minimum atomic E-state index is -3.11. The highest BCUT2D eigenvalue weighted by Gasteiger charge is 2.43. The standard InChI is InChI=1S/C8H18F2O3Si/c1-4-11-14(12-5-2,13-6-3)7-8(9)10/h8H,4-7H2,1-3H3. The van der Waals surface area contributed by atoms with E-state index in [1.807, 2.05) is 0 Å². The first-order valence-electron chi connectivity index (χ1n) is 4.80. The summed E-state index contributed by atoms with van der Waals surface area (Å²) in [4.78, 5) is 0. The van der Waals surface area contributed by atoms with Crippen LogP contribution >= 0.6 is 0 Å². The van der Waals surface area contributed by atoms with Gasteiger partial charge in [-0.25, -0.2) is 8.78 Å². The van der Waals surface area contributed by atoms with Gasteiger partial charge in [-0.2, -0.15) is 0 Å². The molecular formula is C8H18F2O3Si. The molecule has 0 heterocycles. The molecule has 3 nitrogen and oxygen atoms in total. The number of rotatable bonds is 8. The van der Waals surface area contributed by atoms with E-state index in [1.54, 1.807) is 20.8 Å². The molecule has 0 spiro atoms. The first-order chi connectivity index (χ1) is 6.60. The summed E-state index contributed by atoms with van der Waals surface area (Å²) in [6, 6.07) is -0.428. The van der Waals surface area contributed by atoms with Crippen LogP contribution in [0.4, 0.5) is 8.78 Å². The lowest BCUT2D eigenvalue weighted by atomic mass is 10.9. The summed E-state index contributed by atoms with van der Waals surface area (Å²) < 4.78 is 40.3. The number of alkyl halides is 2. The molecule has 0 saturated heterocycles. The van der Waals surface area contributed by atoms with Crippen LogP contribution in [0.2, 0.25) is 6.04 Å². The number of hydrogen-bond donors (Lipinski definition) is 0. The highest BCUT2D eigenvalue weighted by molar-refractivity contribution is 6.60. The van der Waals surface area contributed by atoms with Crippen molar-refractivity contribution >= 4 is 8.80 Å². The molecule has 6 heteroatoms. The third-order valence-electron chi connectivity index (χ3n) is 1.50. The van der Waals surface area contributed by atoms with E-state index < -0.39 is 21.3 Å². The second-order valence-electron chi connectivity index (χ2n) is 2.58. The summed E-state index contributed by atoms with van der Waals surface area (Å²) in [7, 11) is -3.11. The normalized spacial score (nSPS) is 12.4. The fraction of sp³-hybridized carbons (Fsp3) is 1.00. The SMILES string of the molecule is CCO[Si](CC(F)F)(OCC)OCC. The maximum absolute atomic E-state index is 12.3. The van der Waals surface area contributed by atoms with Gasteiger partial charge in [0.25, 0.3) is 0 Å². The minimum Gasteiger partial charge on any atom is -0.374 e. The summed E-state index contributed by atoms with van der Waals surface area (Å²) in [5, 5.41) is 0. The third-order valence-corrected chi connectivity index (χ3v) is 4.49. The third kappa shape index (κ3) is 4.99. The lowest BCUT2D eigenvalue weighted by molar-refractivity contribution is 0.0501. The van der Waals surface area contributed by atoms with Crippen LogP contribution in [0.15, 0.2) is 0 Å². The van der Waals surface area contributed by atoms with E-state index in [2.05, 4.69) is 0 Å². The molecule has 0 aliphatic heterocycles. The van der Waals surface area contributed by atoms with Gasteiger partial charge < -0.3 is 13.3 Å². The van der Waals surface area contributed by atoms with Gasteiger partial charge in [0.15, 0.2) is 0 Å². The Kier molecular flexibility index (Phi) is 7.25. The van der Waals surface area contributed by atoms with Crippen LogP contribution in [0.5, 0.6) is 0 Å². The molecule has 14 heavy (non-hydrogen) atoms. The average Bonchev–Trinajstić information content (AvgIpc) is 2.03. The zero-order chi connectivity index (χ0) is 11.0. The van der Waals surface area contributed by atoms with Crippen LogP contribution in [-0.4, -0.2) is 35.1 Å². The van der Waals surface area contributed by atoms with E-state index in [9.17, 15) is 8.78 Å². The molecule has 0 bridgehead atoms. The summed E-state index contributed by atoms with van der Waals surface area (Å²) in [5.41, 5.74) is 0. The second-order valence-corrected chi connectivity index (χ2v) is 5.22. The predicted molar refractivity (Wildman–Crippen MR) is 51.4 cm³/mol. The van der Waals surface area contributed by atoms with Gasteiger partial charge >= 0.3 is 8.80 Å². The van der Waals surface area contributed by atoms with Gasteiger partial charge in [0, 0.05) is 19.8 Å². The Morgan fingerprint density at radius 3 is 1.50 bits per heavy atom. The maximum Gasteiger partial charge on any atom is 0.506 e. The molecule has 0 fully saturated rings. The van der Waals surface area contributed by atoms with Crippen LogP contribution in [0, 0.1) is 0 Å². The average molecular weight is 228 g/mol. The van der Waals surface area contributed by atoms with Crippen LogP contribution < -0.4 is 0 Å². The van der Waals surface area contributed by atoms with Crippen molar-refractivity contribution in [3.8, 4) is 0 Å². The highest BCUT2D eigenvalue weighted by atomic mass is 28.4. The highest BCUT2D eigenvalue weighted by Crippen LogP contribution is 2.20. The zero-order valence-corrected chi connectivity index (χ0v) is 9.89. The molecule has 0 amide bonds. The molecule has 0 aromatic heterocycles. The van der Waals surface area contributed by atoms with Gasteiger partial charge in [-0.15, -0.1) is 0 Å². The van der Waals surface area contributed by atoms with Crippen LogP contribution in [0.1, 0.15) is 20.8 Å². The van der Waals surface area contributed by atoms with E-state index in [0.717, 1.165) is 0 Å². The molecule has 0 saturated carbocycles. The molecule has 86 valence electrons. The molecule has 0 unspecified atom stereocenters. The first-order valence-corrected chi connectivity index (χ1v) is 6.73. The summed E-state index contributed by atoms with van der Waals surface area (Å²) >= 11 is 0. The van der Waals surface area contributed by atoms with Crippen LogP contribution in [-0.2, 0) is 13.3 Å². The molecule has 0 aliphatic carbocycles. The molecule has 0 radical (unpaired) electrons. The van der Waals surface area contributed by atoms with E-state index in [4.69, 9.17) is 13.3 Å². The van der Waals surface area contributed by atoms with Crippen molar-refractivity contribution in [3.63, 3.8) is 0 Å². The molecule has 0 atom stereocenters. The Hall–Kier alpha value is -0.0431. The Bertz CT molecular complexity index is 130. The zero-order valence-electron chi connectivity index (χ0n) is 8.89. The predicted octanol–water partition coefficient (Wildman–Crippen LogP) is 2.30. The molecular weight excluding hydrogens is 210 g/mol. The van der Waals surface area contributed by atoms with Gasteiger partial charge in [0.1, 0.15) is 0 Å². The Balaban J connectivity index is 4.37. The quantitative estimate of drug-likeness (QED) is 0.597. The Morgan fingerprint density at radius 2 is 1.29 bits per heavy atom. The Morgan fingerprint density at radius 1 is 0.929 bits per heavy atom. The minimum absolute atomic E-state index is 0.332. The lowest BCUT2D eigenvalue weighted by Crippen LogP contribution is -2.47. The first kappa shape index (κ1) is 14.0. The second kappa shape index (κ2) is 7.28. The van der Waals surface area contributed by atoms with Crippen LogP contribution in [0.3, 0.4) is 0 Å². The van der Waals surface area contributed by atoms with E-state index >= 15 is 0 Å². The van der Waals surface area contributed by atoms with Crippen molar-refractivity contribution in [1.82, 2.24) is 0 Å². The fourth-order valence-electron chi connectivity index (χ4n) is 1.15. The van der Waals surface area contributed by atoms with Crippen molar-refractivity contribution in [2.45, 2.75) is 33.2 Å². The van der Waals surface area contributed by atoms with Gasteiger partial charge in [-0.3, -0.25) is 0 Å². The Labute approximate surface area is 84.7 Å². The van der Waals surface area contributed by atoms with Crippen molar-refractivity contribution < 1.29 is 22.1 Å². The van der Waals surface area contributed by atoms with Crippen molar-refractivity contribution in [2.24, 2.45) is 0 Å². The summed E-state index contributed by atoms with van der Waals surface area (Å²) in [5.74, 6) is 0. The summed E-state index contributed by atoms with van der Waals surface area (Å²) in [6.07, 6.45) is -2.45. The lowest BCUT2D eigenvalue weighted by Gasteiger charge is -2.27. The van der Waals surface area contributed by atoms with Crippen molar-refractivity contribution in [3.05, 3.63) is 0 Å². The van der Waals surface area contributed by atoms with Gasteiger partial charge in [0.2, 0.25) is 6.43 Å². The van der Waals surface area contributed by atoms with Gasteiger partial charge in [0.05, 0.1) is 6.04 Å². The van der Waals surface area contributed by atoms with Crippen molar-refractivity contribution in [1.29, 1.82) is 0 Å². The smallest absolute Gasteiger partial charge is 0.374 e. The fourth-order valence-corrected chi connectivity index (χ4v) is 3.45. The molecule has 0 rings (SSSR count). The van der Waals surface area contributed by atoms with Gasteiger partial charge in [-0.05, 0) is 20.8 Å². The number of halogens is 2. The molecule has 0 aromatic rings. The molecule has 0 aromatic carbocycles.